The van der Waals surface area contributed by atoms with Gasteiger partial charge in [0.2, 0.25) is 0 Å². The predicted molar refractivity (Wildman–Crippen MR) is 71.0 cm³/mol. The van der Waals surface area contributed by atoms with Crippen LogP contribution in [0.15, 0.2) is 30.3 Å². The highest BCUT2D eigenvalue weighted by molar-refractivity contribution is 5.91. The third-order valence-corrected chi connectivity index (χ3v) is 2.66. The number of fused-ring (bicyclic) bond motifs is 1. The van der Waals surface area contributed by atoms with E-state index in [0.717, 1.165) is 16.9 Å². The summed E-state index contributed by atoms with van der Waals surface area (Å²) in [6.45, 7) is 6.13. The summed E-state index contributed by atoms with van der Waals surface area (Å²) in [4.78, 5) is 0. The normalized spacial score (nSPS) is 10.9. The van der Waals surface area contributed by atoms with Crippen molar-refractivity contribution in [2.24, 2.45) is 0 Å². The van der Waals surface area contributed by atoms with Gasteiger partial charge in [-0.15, -0.1) is 0 Å². The third kappa shape index (κ3) is 2.36. The number of benzene rings is 2. The average molecular weight is 230 g/mol. The molecule has 0 aromatic heterocycles. The van der Waals surface area contributed by atoms with Crippen LogP contribution in [0, 0.1) is 6.92 Å². The van der Waals surface area contributed by atoms with Crippen molar-refractivity contribution in [1.82, 2.24) is 0 Å². The van der Waals surface area contributed by atoms with Gasteiger partial charge in [0.25, 0.3) is 0 Å². The van der Waals surface area contributed by atoms with Crippen LogP contribution >= 0.6 is 0 Å². The highest BCUT2D eigenvalue weighted by Crippen LogP contribution is 2.36. The van der Waals surface area contributed by atoms with Gasteiger partial charge in [0.1, 0.15) is 0 Å². The maximum Gasteiger partial charge on any atom is 0.169 e. The van der Waals surface area contributed by atoms with Gasteiger partial charge in [-0.25, -0.2) is 0 Å². The Morgan fingerprint density at radius 2 is 1.82 bits per heavy atom. The summed E-state index contributed by atoms with van der Waals surface area (Å²) >= 11 is 0. The molecule has 2 heteroatoms. The summed E-state index contributed by atoms with van der Waals surface area (Å²) in [5.41, 5.74) is 1.25. The molecule has 0 spiro atoms. The van der Waals surface area contributed by atoms with E-state index in [1.807, 2.05) is 19.9 Å². The van der Waals surface area contributed by atoms with E-state index in [-0.39, 0.29) is 6.10 Å². The Morgan fingerprint density at radius 1 is 1.06 bits per heavy atom. The van der Waals surface area contributed by atoms with Gasteiger partial charge in [-0.3, -0.25) is 0 Å². The summed E-state index contributed by atoms with van der Waals surface area (Å²) in [6.07, 6.45) is 0.135. The fourth-order valence-corrected chi connectivity index (χ4v) is 1.92. The maximum atomic E-state index is 5.86. The number of aryl methyl sites for hydroxylation is 1. The zero-order chi connectivity index (χ0) is 12.4. The first-order valence-corrected chi connectivity index (χ1v) is 5.86. The second-order valence-corrected chi connectivity index (χ2v) is 4.49. The Balaban J connectivity index is 2.65. The van der Waals surface area contributed by atoms with E-state index in [0.29, 0.717) is 0 Å². The number of ether oxygens (including phenoxy) is 2. The van der Waals surface area contributed by atoms with Crippen LogP contribution in [0.5, 0.6) is 11.5 Å². The highest BCUT2D eigenvalue weighted by Gasteiger charge is 2.11. The van der Waals surface area contributed by atoms with E-state index < -0.39 is 0 Å². The molecule has 0 aliphatic rings. The molecule has 2 aromatic rings. The molecular weight excluding hydrogens is 212 g/mol. The second-order valence-electron chi connectivity index (χ2n) is 4.49. The van der Waals surface area contributed by atoms with Crippen molar-refractivity contribution in [2.45, 2.75) is 26.9 Å². The fourth-order valence-electron chi connectivity index (χ4n) is 1.92. The molecule has 0 heterocycles. The number of rotatable bonds is 3. The van der Waals surface area contributed by atoms with Crippen LogP contribution in [0.4, 0.5) is 0 Å². The molecule has 0 saturated carbocycles. The van der Waals surface area contributed by atoms with Crippen LogP contribution in [0.25, 0.3) is 10.8 Å². The molecule has 90 valence electrons. The van der Waals surface area contributed by atoms with Crippen molar-refractivity contribution >= 4 is 10.8 Å². The van der Waals surface area contributed by atoms with Crippen LogP contribution < -0.4 is 9.47 Å². The Kier molecular flexibility index (Phi) is 3.23. The lowest BCUT2D eigenvalue weighted by Gasteiger charge is -2.16. The Bertz CT molecular complexity index is 530. The first-order chi connectivity index (χ1) is 8.11. The van der Waals surface area contributed by atoms with E-state index in [9.17, 15) is 0 Å². The largest absolute Gasteiger partial charge is 0.493 e. The lowest BCUT2D eigenvalue weighted by molar-refractivity contribution is 0.233. The van der Waals surface area contributed by atoms with E-state index >= 15 is 0 Å². The quantitative estimate of drug-likeness (QED) is 0.795. The highest BCUT2D eigenvalue weighted by atomic mass is 16.5. The molecule has 0 radical (unpaired) electrons. The van der Waals surface area contributed by atoms with E-state index in [1.54, 1.807) is 7.11 Å². The second kappa shape index (κ2) is 4.66. The molecule has 0 N–H and O–H groups in total. The molecule has 0 unspecified atom stereocenters. The van der Waals surface area contributed by atoms with Crippen molar-refractivity contribution in [3.8, 4) is 11.5 Å². The molecule has 2 nitrogen and oxygen atoms in total. The third-order valence-electron chi connectivity index (χ3n) is 2.66. The lowest BCUT2D eigenvalue weighted by atomic mass is 10.1. The van der Waals surface area contributed by atoms with E-state index in [1.165, 1.54) is 10.9 Å². The number of hydrogen-bond donors (Lipinski definition) is 0. The zero-order valence-electron chi connectivity index (χ0n) is 10.8. The van der Waals surface area contributed by atoms with Gasteiger partial charge in [0.05, 0.1) is 13.2 Å². The summed E-state index contributed by atoms with van der Waals surface area (Å²) in [7, 11) is 1.67. The van der Waals surface area contributed by atoms with Crippen LogP contribution in [-0.4, -0.2) is 13.2 Å². The molecule has 0 fully saturated rings. The summed E-state index contributed by atoms with van der Waals surface area (Å²) in [5, 5.41) is 2.28. The van der Waals surface area contributed by atoms with Crippen molar-refractivity contribution in [3.05, 3.63) is 35.9 Å². The standard InChI is InChI=1S/C15H18O2/c1-10(2)17-15-13-7-5-11(3)9-12(13)6-8-14(15)16-4/h5-10H,1-4H3. The number of hydrogen-bond acceptors (Lipinski definition) is 2. The maximum absolute atomic E-state index is 5.86. The predicted octanol–water partition coefficient (Wildman–Crippen LogP) is 3.94. The molecular formula is C15H18O2. The minimum atomic E-state index is 0.135. The van der Waals surface area contributed by atoms with Crippen molar-refractivity contribution in [3.63, 3.8) is 0 Å². The zero-order valence-corrected chi connectivity index (χ0v) is 10.8. The SMILES string of the molecule is COc1ccc2cc(C)ccc2c1OC(C)C. The molecule has 0 saturated heterocycles. The fraction of sp³-hybridized carbons (Fsp3) is 0.333. The molecule has 2 rings (SSSR count). The molecule has 17 heavy (non-hydrogen) atoms. The minimum absolute atomic E-state index is 0.135. The Morgan fingerprint density at radius 3 is 2.47 bits per heavy atom. The Hall–Kier alpha value is -1.70. The smallest absolute Gasteiger partial charge is 0.169 e. The molecule has 0 aliphatic carbocycles. The first kappa shape index (κ1) is 11.8. The Labute approximate surface area is 102 Å². The van der Waals surface area contributed by atoms with E-state index in [4.69, 9.17) is 9.47 Å². The average Bonchev–Trinajstić information content (AvgIpc) is 2.28. The van der Waals surface area contributed by atoms with Gasteiger partial charge >= 0.3 is 0 Å². The molecule has 0 aliphatic heterocycles. The van der Waals surface area contributed by atoms with Gasteiger partial charge in [-0.1, -0.05) is 29.8 Å². The molecule has 0 atom stereocenters. The topological polar surface area (TPSA) is 18.5 Å². The van der Waals surface area contributed by atoms with Gasteiger partial charge in [0, 0.05) is 5.39 Å². The van der Waals surface area contributed by atoms with Crippen molar-refractivity contribution < 1.29 is 9.47 Å². The molecule has 0 amide bonds. The van der Waals surface area contributed by atoms with Crippen LogP contribution in [0.2, 0.25) is 0 Å². The minimum Gasteiger partial charge on any atom is -0.493 e. The van der Waals surface area contributed by atoms with Crippen LogP contribution in [0.1, 0.15) is 19.4 Å². The van der Waals surface area contributed by atoms with Crippen LogP contribution in [0.3, 0.4) is 0 Å². The number of methoxy groups -OCH3 is 1. The van der Waals surface area contributed by atoms with Gasteiger partial charge in [0.15, 0.2) is 11.5 Å². The molecule has 0 bridgehead atoms. The van der Waals surface area contributed by atoms with Gasteiger partial charge < -0.3 is 9.47 Å². The van der Waals surface area contributed by atoms with Crippen LogP contribution in [-0.2, 0) is 0 Å². The summed E-state index contributed by atoms with van der Waals surface area (Å²) in [6, 6.07) is 10.4. The van der Waals surface area contributed by atoms with Crippen molar-refractivity contribution in [1.29, 1.82) is 0 Å². The lowest BCUT2D eigenvalue weighted by Crippen LogP contribution is -2.07. The van der Waals surface area contributed by atoms with E-state index in [2.05, 4.69) is 31.2 Å². The van der Waals surface area contributed by atoms with Gasteiger partial charge in [-0.2, -0.15) is 0 Å². The summed E-state index contributed by atoms with van der Waals surface area (Å²) in [5.74, 6) is 1.62. The monoisotopic (exact) mass is 230 g/mol. The summed E-state index contributed by atoms with van der Waals surface area (Å²) < 4.78 is 11.2. The van der Waals surface area contributed by atoms with Gasteiger partial charge in [-0.05, 0) is 32.2 Å². The first-order valence-electron chi connectivity index (χ1n) is 5.86. The molecule has 2 aromatic carbocycles. The van der Waals surface area contributed by atoms with Crippen molar-refractivity contribution in [2.75, 3.05) is 7.11 Å².